The van der Waals surface area contributed by atoms with Crippen LogP contribution in [0.2, 0.25) is 0 Å². The summed E-state index contributed by atoms with van der Waals surface area (Å²) in [7, 11) is -3.24. The second-order valence-electron chi connectivity index (χ2n) is 5.37. The number of piperazine rings is 1. The van der Waals surface area contributed by atoms with Gasteiger partial charge in [-0.25, -0.2) is 0 Å². The molecule has 0 N–H and O–H groups in total. The first kappa shape index (κ1) is 14.6. The molecule has 0 spiro atoms. The van der Waals surface area contributed by atoms with E-state index in [2.05, 4.69) is 9.89 Å². The molecule has 20 heavy (non-hydrogen) atoms. The number of hydrogen-bond acceptors (Lipinski definition) is 5. The largest absolute Gasteiger partial charge is 0.349 e. The van der Waals surface area contributed by atoms with E-state index in [1.165, 1.54) is 0 Å². The lowest BCUT2D eigenvalue weighted by Crippen LogP contribution is -2.54. The van der Waals surface area contributed by atoms with Gasteiger partial charge in [0.15, 0.2) is 5.17 Å². The van der Waals surface area contributed by atoms with E-state index in [4.69, 9.17) is 0 Å². The molecule has 0 aromatic heterocycles. The van der Waals surface area contributed by atoms with Crippen molar-refractivity contribution in [1.29, 1.82) is 0 Å². The van der Waals surface area contributed by atoms with Crippen LogP contribution < -0.4 is 0 Å². The minimum absolute atomic E-state index is 0.582. The molecule has 0 aromatic carbocycles. The number of piperidine rings is 1. The van der Waals surface area contributed by atoms with Gasteiger partial charge in [-0.15, -0.1) is 0 Å². The van der Waals surface area contributed by atoms with Crippen molar-refractivity contribution < 1.29 is 8.42 Å². The topological polar surface area (TPSA) is 56.2 Å². The van der Waals surface area contributed by atoms with Gasteiger partial charge in [-0.3, -0.25) is 4.99 Å². The van der Waals surface area contributed by atoms with E-state index in [-0.39, 0.29) is 0 Å². The first-order valence-electron chi connectivity index (χ1n) is 7.35. The van der Waals surface area contributed by atoms with Gasteiger partial charge >= 0.3 is 0 Å². The fourth-order valence-corrected chi connectivity index (χ4v) is 5.47. The second-order valence-corrected chi connectivity index (χ2v) is 8.36. The highest BCUT2D eigenvalue weighted by molar-refractivity contribution is 8.14. The van der Waals surface area contributed by atoms with Gasteiger partial charge in [0.1, 0.15) is 0 Å². The van der Waals surface area contributed by atoms with Crippen LogP contribution in [0.15, 0.2) is 4.99 Å². The molecule has 0 bridgehead atoms. The van der Waals surface area contributed by atoms with Crippen molar-refractivity contribution in [2.45, 2.75) is 19.3 Å². The van der Waals surface area contributed by atoms with E-state index in [1.807, 2.05) is 0 Å². The Morgan fingerprint density at radius 3 is 2.15 bits per heavy atom. The molecule has 0 radical (unpaired) electrons. The second kappa shape index (κ2) is 6.21. The highest BCUT2D eigenvalue weighted by Gasteiger charge is 2.33. The Labute approximate surface area is 125 Å². The van der Waals surface area contributed by atoms with Gasteiger partial charge < -0.3 is 4.90 Å². The van der Waals surface area contributed by atoms with Gasteiger partial charge in [0, 0.05) is 45.0 Å². The minimum Gasteiger partial charge on any atom is -0.349 e. The molecule has 3 aliphatic rings. The molecular formula is C12H22N4O2S2. The lowest BCUT2D eigenvalue weighted by atomic mass is 10.2. The fraction of sp³-hybridized carbons (Fsp3) is 0.917. The molecule has 3 heterocycles. The summed E-state index contributed by atoms with van der Waals surface area (Å²) in [6.07, 6.45) is 3.14. The van der Waals surface area contributed by atoms with Gasteiger partial charge in [0.2, 0.25) is 0 Å². The SMILES string of the molecule is O=S(=O)(N1CCCCC1)N1CCN(C2=NCCS2)CC1. The highest BCUT2D eigenvalue weighted by atomic mass is 32.2. The average Bonchev–Trinajstić information content (AvgIpc) is 3.02. The lowest BCUT2D eigenvalue weighted by molar-refractivity contribution is 0.242. The van der Waals surface area contributed by atoms with Gasteiger partial charge in [-0.2, -0.15) is 17.0 Å². The van der Waals surface area contributed by atoms with E-state index in [0.717, 1.165) is 49.8 Å². The van der Waals surface area contributed by atoms with E-state index in [1.54, 1.807) is 20.4 Å². The summed E-state index contributed by atoms with van der Waals surface area (Å²) in [6, 6.07) is 0. The summed E-state index contributed by atoms with van der Waals surface area (Å²) in [5.41, 5.74) is 0. The predicted octanol–water partition coefficient (Wildman–Crippen LogP) is 0.438. The summed E-state index contributed by atoms with van der Waals surface area (Å²) in [5.74, 6) is 1.06. The van der Waals surface area contributed by atoms with E-state index < -0.39 is 10.2 Å². The maximum Gasteiger partial charge on any atom is 0.282 e. The van der Waals surface area contributed by atoms with Gasteiger partial charge in [-0.05, 0) is 12.8 Å². The van der Waals surface area contributed by atoms with Crippen LogP contribution in [0.4, 0.5) is 0 Å². The van der Waals surface area contributed by atoms with Gasteiger partial charge in [0.25, 0.3) is 10.2 Å². The molecular weight excluding hydrogens is 296 g/mol. The molecule has 0 aliphatic carbocycles. The molecule has 0 aromatic rings. The van der Waals surface area contributed by atoms with Crippen molar-refractivity contribution >= 4 is 27.1 Å². The van der Waals surface area contributed by atoms with Crippen molar-refractivity contribution in [2.24, 2.45) is 4.99 Å². The molecule has 114 valence electrons. The Kier molecular flexibility index (Phi) is 4.54. The zero-order chi connectivity index (χ0) is 14.0. The Bertz CT molecular complexity index is 466. The van der Waals surface area contributed by atoms with E-state index >= 15 is 0 Å². The Balaban J connectivity index is 1.59. The molecule has 2 fully saturated rings. The van der Waals surface area contributed by atoms with Crippen molar-refractivity contribution in [3.8, 4) is 0 Å². The monoisotopic (exact) mass is 318 g/mol. The van der Waals surface area contributed by atoms with Gasteiger partial charge in [0.05, 0.1) is 6.54 Å². The van der Waals surface area contributed by atoms with Crippen LogP contribution in [0.3, 0.4) is 0 Å². The van der Waals surface area contributed by atoms with E-state index in [0.29, 0.717) is 26.2 Å². The quantitative estimate of drug-likeness (QED) is 0.741. The number of thioether (sulfide) groups is 1. The molecule has 0 amide bonds. The third-order valence-electron chi connectivity index (χ3n) is 4.05. The number of rotatable bonds is 2. The lowest BCUT2D eigenvalue weighted by Gasteiger charge is -2.38. The van der Waals surface area contributed by atoms with Crippen molar-refractivity contribution in [2.75, 3.05) is 51.6 Å². The van der Waals surface area contributed by atoms with Crippen LogP contribution in [-0.2, 0) is 10.2 Å². The van der Waals surface area contributed by atoms with Crippen LogP contribution in [0.5, 0.6) is 0 Å². The third kappa shape index (κ3) is 2.98. The number of hydrogen-bond donors (Lipinski definition) is 0. The zero-order valence-electron chi connectivity index (χ0n) is 11.7. The van der Waals surface area contributed by atoms with Crippen molar-refractivity contribution in [3.05, 3.63) is 0 Å². The zero-order valence-corrected chi connectivity index (χ0v) is 13.3. The summed E-state index contributed by atoms with van der Waals surface area (Å²) in [6.45, 7) is 4.96. The van der Waals surface area contributed by atoms with Crippen LogP contribution >= 0.6 is 11.8 Å². The third-order valence-corrected chi connectivity index (χ3v) is 7.11. The van der Waals surface area contributed by atoms with Gasteiger partial charge in [-0.1, -0.05) is 18.2 Å². The van der Waals surface area contributed by atoms with Crippen LogP contribution in [0, 0.1) is 0 Å². The standard InChI is InChI=1S/C12H22N4O2S2/c17-20(18,15-5-2-1-3-6-15)16-9-7-14(8-10-16)12-13-4-11-19-12/h1-11H2. The Morgan fingerprint density at radius 2 is 1.55 bits per heavy atom. The fourth-order valence-electron chi connectivity index (χ4n) is 2.88. The molecule has 0 atom stereocenters. The first-order valence-corrected chi connectivity index (χ1v) is 9.73. The molecule has 0 unspecified atom stereocenters. The maximum atomic E-state index is 12.6. The van der Waals surface area contributed by atoms with Crippen molar-refractivity contribution in [3.63, 3.8) is 0 Å². The number of amidine groups is 1. The number of nitrogens with zero attached hydrogens (tertiary/aromatic N) is 4. The molecule has 3 aliphatic heterocycles. The summed E-state index contributed by atoms with van der Waals surface area (Å²) in [5, 5.41) is 1.10. The van der Waals surface area contributed by atoms with Crippen LogP contribution in [0.1, 0.15) is 19.3 Å². The summed E-state index contributed by atoms with van der Waals surface area (Å²) in [4.78, 5) is 6.69. The summed E-state index contributed by atoms with van der Waals surface area (Å²) >= 11 is 1.78. The van der Waals surface area contributed by atoms with Crippen molar-refractivity contribution in [1.82, 2.24) is 13.5 Å². The average molecular weight is 318 g/mol. The predicted molar refractivity (Wildman–Crippen MR) is 82.2 cm³/mol. The maximum absolute atomic E-state index is 12.6. The smallest absolute Gasteiger partial charge is 0.282 e. The minimum atomic E-state index is -3.24. The highest BCUT2D eigenvalue weighted by Crippen LogP contribution is 2.21. The van der Waals surface area contributed by atoms with Crippen LogP contribution in [-0.4, -0.2) is 78.7 Å². The summed E-state index contributed by atoms with van der Waals surface area (Å²) < 4.78 is 28.4. The molecule has 0 saturated carbocycles. The van der Waals surface area contributed by atoms with Crippen LogP contribution in [0.25, 0.3) is 0 Å². The molecule has 2 saturated heterocycles. The molecule has 3 rings (SSSR count). The molecule has 8 heteroatoms. The first-order chi connectivity index (χ1) is 9.68. The van der Waals surface area contributed by atoms with E-state index in [9.17, 15) is 8.42 Å². The normalized spacial score (nSPS) is 26.8. The Morgan fingerprint density at radius 1 is 0.900 bits per heavy atom. The molecule has 6 nitrogen and oxygen atoms in total. The number of aliphatic imine (C=N–C) groups is 1. The Hall–Kier alpha value is -0.310.